The molecule has 0 spiro atoms. The summed E-state index contributed by atoms with van der Waals surface area (Å²) in [5.74, 6) is 0.245. The van der Waals surface area contributed by atoms with E-state index in [1.807, 2.05) is 31.2 Å². The first-order valence-electron chi connectivity index (χ1n) is 11.6. The molecule has 0 radical (unpaired) electrons. The van der Waals surface area contributed by atoms with E-state index >= 15 is 0 Å². The lowest BCUT2D eigenvalue weighted by Gasteiger charge is -2.15. The number of benzene rings is 4. The molecule has 0 unspecified atom stereocenters. The first kappa shape index (κ1) is 25.1. The summed E-state index contributed by atoms with van der Waals surface area (Å²) in [5, 5.41) is 40.8. The molecular weight excluding hydrogens is 476 g/mol. The molecule has 4 rings (SSSR count). The lowest BCUT2D eigenvalue weighted by molar-refractivity contribution is 0.456. The molecule has 4 aromatic carbocycles. The summed E-state index contributed by atoms with van der Waals surface area (Å²) in [6, 6.07) is 18.8. The van der Waals surface area contributed by atoms with Gasteiger partial charge in [0.25, 0.3) is 0 Å². The Hall–Kier alpha value is -3.97. The summed E-state index contributed by atoms with van der Waals surface area (Å²) in [5.41, 5.74) is 4.05. The molecule has 0 aliphatic carbocycles. The van der Waals surface area contributed by atoms with Gasteiger partial charge in [-0.25, -0.2) is 8.42 Å². The second-order valence-corrected chi connectivity index (χ2v) is 10.8. The summed E-state index contributed by atoms with van der Waals surface area (Å²) in [4.78, 5) is 0.0721. The fraction of sp³-hybridized carbons (Fsp3) is 0.172. The zero-order chi connectivity index (χ0) is 26.0. The SMILES string of the molecule is CCc1cc(S(=O)(=O)c2ccc(O)cc2)cc(Cc2cc(Cc3ccc(O)cc3)cc(C)c2O)c1O. The number of phenols is 4. The van der Waals surface area contributed by atoms with Crippen molar-refractivity contribution in [1.82, 2.24) is 0 Å². The Kier molecular flexibility index (Phi) is 6.95. The minimum Gasteiger partial charge on any atom is -0.508 e. The molecule has 4 aromatic rings. The van der Waals surface area contributed by atoms with Crippen molar-refractivity contribution in [3.63, 3.8) is 0 Å². The molecule has 0 aliphatic heterocycles. The molecule has 186 valence electrons. The van der Waals surface area contributed by atoms with Gasteiger partial charge < -0.3 is 20.4 Å². The predicted molar refractivity (Wildman–Crippen MR) is 138 cm³/mol. The molecule has 7 heteroatoms. The molecule has 0 saturated carbocycles. The molecule has 0 aliphatic rings. The van der Waals surface area contributed by atoms with Crippen LogP contribution in [0.25, 0.3) is 0 Å². The van der Waals surface area contributed by atoms with Gasteiger partial charge in [0, 0.05) is 6.42 Å². The van der Waals surface area contributed by atoms with Crippen molar-refractivity contribution in [1.29, 1.82) is 0 Å². The van der Waals surface area contributed by atoms with Crippen LogP contribution in [0.1, 0.15) is 40.3 Å². The summed E-state index contributed by atoms with van der Waals surface area (Å²) in [6.07, 6.45) is 1.13. The van der Waals surface area contributed by atoms with Gasteiger partial charge in [0.2, 0.25) is 9.84 Å². The van der Waals surface area contributed by atoms with E-state index in [9.17, 15) is 28.8 Å². The highest BCUT2D eigenvalue weighted by Crippen LogP contribution is 2.35. The normalized spacial score (nSPS) is 11.5. The Balaban J connectivity index is 1.75. The first-order chi connectivity index (χ1) is 17.1. The molecule has 0 aromatic heterocycles. The average Bonchev–Trinajstić information content (AvgIpc) is 2.85. The van der Waals surface area contributed by atoms with Crippen LogP contribution < -0.4 is 0 Å². The monoisotopic (exact) mass is 504 g/mol. The highest BCUT2D eigenvalue weighted by atomic mass is 32.2. The van der Waals surface area contributed by atoms with E-state index in [0.29, 0.717) is 35.1 Å². The maximum absolute atomic E-state index is 13.3. The van der Waals surface area contributed by atoms with Gasteiger partial charge in [0.15, 0.2) is 0 Å². The molecule has 6 nitrogen and oxygen atoms in total. The smallest absolute Gasteiger partial charge is 0.206 e. The van der Waals surface area contributed by atoms with Gasteiger partial charge in [-0.2, -0.15) is 0 Å². The van der Waals surface area contributed by atoms with E-state index < -0.39 is 9.84 Å². The summed E-state index contributed by atoms with van der Waals surface area (Å²) >= 11 is 0. The van der Waals surface area contributed by atoms with Crippen LogP contribution in [0, 0.1) is 6.92 Å². The van der Waals surface area contributed by atoms with Gasteiger partial charge in [-0.05, 0) is 102 Å². The number of rotatable bonds is 7. The third-order valence-corrected chi connectivity index (χ3v) is 7.99. The van der Waals surface area contributed by atoms with Crippen LogP contribution in [-0.4, -0.2) is 28.8 Å². The van der Waals surface area contributed by atoms with Gasteiger partial charge >= 0.3 is 0 Å². The van der Waals surface area contributed by atoms with E-state index in [1.54, 1.807) is 19.1 Å². The number of aromatic hydroxyl groups is 4. The van der Waals surface area contributed by atoms with Crippen LogP contribution >= 0.6 is 0 Å². The molecule has 36 heavy (non-hydrogen) atoms. The Labute approximate surface area is 210 Å². The summed E-state index contributed by atoms with van der Waals surface area (Å²) in [6.45, 7) is 3.62. The molecule has 0 fully saturated rings. The van der Waals surface area contributed by atoms with Crippen molar-refractivity contribution >= 4 is 9.84 Å². The van der Waals surface area contributed by atoms with Crippen LogP contribution in [0.5, 0.6) is 23.0 Å². The van der Waals surface area contributed by atoms with E-state index in [0.717, 1.165) is 11.1 Å². The fourth-order valence-electron chi connectivity index (χ4n) is 4.27. The summed E-state index contributed by atoms with van der Waals surface area (Å²) in [7, 11) is -3.90. The minimum absolute atomic E-state index is 0.00291. The highest BCUT2D eigenvalue weighted by Gasteiger charge is 2.22. The van der Waals surface area contributed by atoms with Crippen LogP contribution in [-0.2, 0) is 29.1 Å². The van der Waals surface area contributed by atoms with Crippen LogP contribution in [0.15, 0.2) is 82.6 Å². The van der Waals surface area contributed by atoms with Crippen LogP contribution in [0.4, 0.5) is 0 Å². The Morgan fingerprint density at radius 1 is 0.611 bits per heavy atom. The molecule has 0 bridgehead atoms. The van der Waals surface area contributed by atoms with E-state index in [2.05, 4.69) is 0 Å². The van der Waals surface area contributed by atoms with Crippen molar-refractivity contribution in [2.45, 2.75) is 42.9 Å². The van der Waals surface area contributed by atoms with E-state index in [-0.39, 0.29) is 39.2 Å². The van der Waals surface area contributed by atoms with Gasteiger partial charge in [-0.3, -0.25) is 0 Å². The Morgan fingerprint density at radius 3 is 1.78 bits per heavy atom. The van der Waals surface area contributed by atoms with Crippen LogP contribution in [0.2, 0.25) is 0 Å². The van der Waals surface area contributed by atoms with Crippen molar-refractivity contribution < 1.29 is 28.8 Å². The number of hydrogen-bond donors (Lipinski definition) is 4. The van der Waals surface area contributed by atoms with Gasteiger partial charge in [-0.15, -0.1) is 0 Å². The quantitative estimate of drug-likeness (QED) is 0.268. The molecular formula is C29H28O6S. The van der Waals surface area contributed by atoms with Crippen molar-refractivity contribution in [3.8, 4) is 23.0 Å². The second kappa shape index (κ2) is 9.95. The van der Waals surface area contributed by atoms with Crippen molar-refractivity contribution in [2.24, 2.45) is 0 Å². The highest BCUT2D eigenvalue weighted by molar-refractivity contribution is 7.91. The lowest BCUT2D eigenvalue weighted by Crippen LogP contribution is -2.05. The maximum atomic E-state index is 13.3. The largest absolute Gasteiger partial charge is 0.508 e. The number of phenolic OH excluding ortho intramolecular Hbond substituents is 4. The van der Waals surface area contributed by atoms with Gasteiger partial charge in [0.1, 0.15) is 23.0 Å². The zero-order valence-electron chi connectivity index (χ0n) is 20.1. The predicted octanol–water partition coefficient (Wildman–Crippen LogP) is 5.39. The van der Waals surface area contributed by atoms with Gasteiger partial charge in [-0.1, -0.05) is 31.2 Å². The fourth-order valence-corrected chi connectivity index (χ4v) is 5.64. The molecule has 4 N–H and O–H groups in total. The van der Waals surface area contributed by atoms with Crippen LogP contribution in [0.3, 0.4) is 0 Å². The van der Waals surface area contributed by atoms with Gasteiger partial charge in [0.05, 0.1) is 9.79 Å². The lowest BCUT2D eigenvalue weighted by atomic mass is 9.94. The number of sulfone groups is 1. The van der Waals surface area contributed by atoms with E-state index in [1.165, 1.54) is 36.4 Å². The van der Waals surface area contributed by atoms with E-state index in [4.69, 9.17) is 0 Å². The topological polar surface area (TPSA) is 115 Å². The number of hydrogen-bond acceptors (Lipinski definition) is 6. The standard InChI is InChI=1S/C29H28O6S/c1-3-21-16-27(36(34,35)26-10-8-25(31)9-11-26)17-23(29(21)33)15-22-14-20(12-18(2)28(22)32)13-19-4-6-24(30)7-5-19/h4-12,14,16-17,30-33H,3,13,15H2,1-2H3. The zero-order valence-corrected chi connectivity index (χ0v) is 20.9. The molecule has 0 saturated heterocycles. The second-order valence-electron chi connectivity index (χ2n) is 8.88. The molecule has 0 atom stereocenters. The third-order valence-electron chi connectivity index (χ3n) is 6.24. The average molecular weight is 505 g/mol. The minimum atomic E-state index is -3.90. The molecule has 0 heterocycles. The van der Waals surface area contributed by atoms with Crippen molar-refractivity contribution in [2.75, 3.05) is 0 Å². The maximum Gasteiger partial charge on any atom is 0.206 e. The Bertz CT molecular complexity index is 1510. The Morgan fingerprint density at radius 2 is 1.17 bits per heavy atom. The van der Waals surface area contributed by atoms with Crippen molar-refractivity contribution in [3.05, 3.63) is 106 Å². The summed E-state index contributed by atoms with van der Waals surface area (Å²) < 4.78 is 26.6. The third kappa shape index (κ3) is 5.16. The number of aryl methyl sites for hydroxylation is 2. The molecule has 0 amide bonds. The first-order valence-corrected chi connectivity index (χ1v) is 13.0.